The van der Waals surface area contributed by atoms with Crippen LogP contribution in [0.3, 0.4) is 0 Å². The van der Waals surface area contributed by atoms with Gasteiger partial charge in [-0.15, -0.1) is 0 Å². The molecule has 4 atom stereocenters. The Morgan fingerprint density at radius 3 is 2.70 bits per heavy atom. The topological polar surface area (TPSA) is 114 Å². The second-order valence-electron chi connectivity index (χ2n) is 6.98. The van der Waals surface area contributed by atoms with Gasteiger partial charge in [-0.05, 0) is 24.9 Å². The molecule has 144 valence electrons. The number of hydrogen-bond acceptors (Lipinski definition) is 6. The van der Waals surface area contributed by atoms with Crippen LogP contribution in [-0.4, -0.2) is 60.5 Å². The van der Waals surface area contributed by atoms with Crippen LogP contribution in [0.15, 0.2) is 35.4 Å². The lowest BCUT2D eigenvalue weighted by molar-refractivity contribution is -0.181. The maximum absolute atomic E-state index is 12.7. The number of β-lactam (4-membered cyclic amide) rings is 1. The van der Waals surface area contributed by atoms with E-state index in [1.54, 1.807) is 13.8 Å². The fourth-order valence-electron chi connectivity index (χ4n) is 3.59. The number of carbonyl (C=O) groups is 2. The number of ether oxygens (including phenoxy) is 3. The molecule has 9 nitrogen and oxygen atoms in total. The molecule has 0 unspecified atom stereocenters. The van der Waals surface area contributed by atoms with Crippen LogP contribution in [0.4, 0.5) is 0 Å². The third-order valence-corrected chi connectivity index (χ3v) is 4.82. The van der Waals surface area contributed by atoms with Crippen LogP contribution in [0.25, 0.3) is 10.4 Å². The first-order chi connectivity index (χ1) is 12.9. The molecule has 1 aromatic rings. The molecular formula is C18H22N4O5. The van der Waals surface area contributed by atoms with Gasteiger partial charge in [0.25, 0.3) is 0 Å². The predicted octanol–water partition coefficient (Wildman–Crippen LogP) is 1.81. The third kappa shape index (κ3) is 3.75. The van der Waals surface area contributed by atoms with E-state index >= 15 is 0 Å². The molecule has 0 bridgehead atoms. The van der Waals surface area contributed by atoms with Gasteiger partial charge in [0, 0.05) is 11.3 Å². The van der Waals surface area contributed by atoms with Gasteiger partial charge in [-0.3, -0.25) is 4.79 Å². The summed E-state index contributed by atoms with van der Waals surface area (Å²) in [4.78, 5) is 29.3. The van der Waals surface area contributed by atoms with E-state index < -0.39 is 41.9 Å². The number of methoxy groups -OCH3 is 1. The first-order valence-corrected chi connectivity index (χ1v) is 8.68. The Balaban J connectivity index is 1.90. The summed E-state index contributed by atoms with van der Waals surface area (Å²) in [6.07, 6.45) is -0.216. The zero-order chi connectivity index (χ0) is 19.6. The van der Waals surface area contributed by atoms with Crippen molar-refractivity contribution in [2.75, 3.05) is 13.7 Å². The number of benzene rings is 1. The molecule has 2 fully saturated rings. The van der Waals surface area contributed by atoms with E-state index in [1.165, 1.54) is 12.0 Å². The Kier molecular flexibility index (Phi) is 5.36. The lowest BCUT2D eigenvalue weighted by Gasteiger charge is -2.50. The van der Waals surface area contributed by atoms with Gasteiger partial charge in [-0.25, -0.2) is 4.79 Å². The molecular weight excluding hydrogens is 352 g/mol. The van der Waals surface area contributed by atoms with Gasteiger partial charge in [0.1, 0.15) is 18.2 Å². The zero-order valence-electron chi connectivity index (χ0n) is 15.4. The summed E-state index contributed by atoms with van der Waals surface area (Å²) in [5, 5.41) is 3.61. The smallest absolute Gasteiger partial charge is 0.328 e. The van der Waals surface area contributed by atoms with Crippen molar-refractivity contribution in [2.24, 2.45) is 5.11 Å². The first kappa shape index (κ1) is 19.2. The molecule has 2 aliphatic heterocycles. The standard InChI is InChI=1S/C18H22N4O5/c1-18(2)26-10-13(27-18)15-14(20-21-19)16(23)22(15)12(17(24)25-3)9-11-7-5-4-6-8-11/h4-8,12-15H,9-10H2,1-3H3/t12-,13-,14-,15+/m1/s1. The van der Waals surface area contributed by atoms with E-state index in [9.17, 15) is 9.59 Å². The number of amides is 1. The number of azide groups is 1. The molecule has 0 aliphatic carbocycles. The molecule has 0 radical (unpaired) electrons. The maximum Gasteiger partial charge on any atom is 0.328 e. The number of carbonyl (C=O) groups excluding carboxylic acids is 2. The normalized spacial score (nSPS) is 27.4. The fourth-order valence-corrected chi connectivity index (χ4v) is 3.59. The van der Waals surface area contributed by atoms with E-state index in [0.29, 0.717) is 0 Å². The number of esters is 1. The summed E-state index contributed by atoms with van der Waals surface area (Å²) in [6, 6.07) is 6.97. The number of rotatable bonds is 6. The number of likely N-dealkylation sites (tertiary alicyclic amines) is 1. The summed E-state index contributed by atoms with van der Waals surface area (Å²) in [5.74, 6) is -1.76. The van der Waals surface area contributed by atoms with Gasteiger partial charge in [0.2, 0.25) is 5.91 Å². The molecule has 2 aliphatic rings. The average Bonchev–Trinajstić information content (AvgIpc) is 3.01. The lowest BCUT2D eigenvalue weighted by Crippen LogP contribution is -2.73. The van der Waals surface area contributed by atoms with Crippen molar-refractivity contribution >= 4 is 11.9 Å². The second-order valence-corrected chi connectivity index (χ2v) is 6.98. The highest BCUT2D eigenvalue weighted by Gasteiger charge is 2.57. The van der Waals surface area contributed by atoms with E-state index in [-0.39, 0.29) is 13.0 Å². The maximum atomic E-state index is 12.7. The second kappa shape index (κ2) is 7.56. The fraction of sp³-hybridized carbons (Fsp3) is 0.556. The molecule has 2 saturated heterocycles. The quantitative estimate of drug-likeness (QED) is 0.248. The van der Waals surface area contributed by atoms with E-state index in [1.807, 2.05) is 30.3 Å². The summed E-state index contributed by atoms with van der Waals surface area (Å²) in [7, 11) is 1.28. The van der Waals surface area contributed by atoms with Crippen LogP contribution in [0.1, 0.15) is 19.4 Å². The van der Waals surface area contributed by atoms with Crippen molar-refractivity contribution in [3.63, 3.8) is 0 Å². The van der Waals surface area contributed by atoms with Crippen LogP contribution in [0.5, 0.6) is 0 Å². The van der Waals surface area contributed by atoms with E-state index in [2.05, 4.69) is 10.0 Å². The van der Waals surface area contributed by atoms with Gasteiger partial charge in [-0.2, -0.15) is 0 Å². The molecule has 3 rings (SSSR count). The third-order valence-electron chi connectivity index (χ3n) is 4.82. The summed E-state index contributed by atoms with van der Waals surface area (Å²) >= 11 is 0. The van der Waals surface area contributed by atoms with Crippen LogP contribution < -0.4 is 0 Å². The molecule has 9 heteroatoms. The minimum Gasteiger partial charge on any atom is -0.467 e. The van der Waals surface area contributed by atoms with Crippen molar-refractivity contribution in [1.29, 1.82) is 0 Å². The highest BCUT2D eigenvalue weighted by atomic mass is 16.7. The largest absolute Gasteiger partial charge is 0.467 e. The highest BCUT2D eigenvalue weighted by molar-refractivity contribution is 5.94. The molecule has 2 heterocycles. The lowest BCUT2D eigenvalue weighted by atomic mass is 9.87. The van der Waals surface area contributed by atoms with Crippen molar-refractivity contribution in [3.8, 4) is 0 Å². The Morgan fingerprint density at radius 2 is 2.15 bits per heavy atom. The molecule has 1 aromatic carbocycles. The number of hydrogen-bond donors (Lipinski definition) is 0. The summed E-state index contributed by atoms with van der Waals surface area (Å²) in [6.45, 7) is 3.77. The van der Waals surface area contributed by atoms with E-state index in [4.69, 9.17) is 19.7 Å². The molecule has 0 N–H and O–H groups in total. The van der Waals surface area contributed by atoms with Crippen molar-refractivity contribution in [2.45, 2.75) is 50.3 Å². The van der Waals surface area contributed by atoms with Crippen molar-refractivity contribution in [1.82, 2.24) is 4.90 Å². The van der Waals surface area contributed by atoms with Gasteiger partial charge < -0.3 is 19.1 Å². The Morgan fingerprint density at radius 1 is 1.44 bits per heavy atom. The summed E-state index contributed by atoms with van der Waals surface area (Å²) < 4.78 is 16.4. The van der Waals surface area contributed by atoms with Gasteiger partial charge in [-0.1, -0.05) is 35.4 Å². The van der Waals surface area contributed by atoms with Crippen LogP contribution in [-0.2, 0) is 30.2 Å². The molecule has 0 aromatic heterocycles. The Labute approximate surface area is 156 Å². The predicted molar refractivity (Wildman–Crippen MR) is 94.4 cm³/mol. The highest BCUT2D eigenvalue weighted by Crippen LogP contribution is 2.36. The molecule has 0 spiro atoms. The number of nitrogens with zero attached hydrogens (tertiary/aromatic N) is 4. The summed E-state index contributed by atoms with van der Waals surface area (Å²) in [5.41, 5.74) is 9.71. The van der Waals surface area contributed by atoms with Crippen molar-refractivity contribution < 1.29 is 23.8 Å². The minimum atomic E-state index is -0.930. The minimum absolute atomic E-state index is 0.234. The van der Waals surface area contributed by atoms with Crippen LogP contribution in [0.2, 0.25) is 0 Å². The molecule has 27 heavy (non-hydrogen) atoms. The van der Waals surface area contributed by atoms with Gasteiger partial charge in [0.15, 0.2) is 5.79 Å². The molecule has 1 amide bonds. The zero-order valence-corrected chi connectivity index (χ0v) is 15.4. The molecule has 0 saturated carbocycles. The average molecular weight is 374 g/mol. The van der Waals surface area contributed by atoms with Gasteiger partial charge >= 0.3 is 5.97 Å². The van der Waals surface area contributed by atoms with Crippen molar-refractivity contribution in [3.05, 3.63) is 46.3 Å². The van der Waals surface area contributed by atoms with Crippen LogP contribution >= 0.6 is 0 Å². The van der Waals surface area contributed by atoms with E-state index in [0.717, 1.165) is 5.56 Å². The first-order valence-electron chi connectivity index (χ1n) is 8.68. The monoisotopic (exact) mass is 374 g/mol. The van der Waals surface area contributed by atoms with Crippen LogP contribution in [0, 0.1) is 0 Å². The SMILES string of the molecule is COC(=O)[C@@H](Cc1ccccc1)N1C(=O)[C@H](N=[N+]=[N-])[C@@H]1[C@H]1COC(C)(C)O1. The van der Waals surface area contributed by atoms with Gasteiger partial charge in [0.05, 0.1) is 19.8 Å². The Hall–Kier alpha value is -2.61. The Bertz CT molecular complexity index is 762.